The van der Waals surface area contributed by atoms with Crippen molar-refractivity contribution in [2.45, 2.75) is 160 Å². The molecule has 5 aliphatic rings. The molecule has 2 aromatic rings. The van der Waals surface area contributed by atoms with Gasteiger partial charge in [0.25, 0.3) is 5.69 Å². The van der Waals surface area contributed by atoms with Crippen molar-refractivity contribution in [1.82, 2.24) is 0 Å². The molecule has 406 valence electrons. The van der Waals surface area contributed by atoms with Gasteiger partial charge in [0.1, 0.15) is 122 Å². The molecule has 16 N–H and O–H groups in total. The van der Waals surface area contributed by atoms with E-state index in [0.717, 1.165) is 24.3 Å². The number of rotatable bonds is 18. The van der Waals surface area contributed by atoms with Crippen LogP contribution < -0.4 is 0 Å². The Morgan fingerprint density at radius 2 is 0.903 bits per heavy atom. The van der Waals surface area contributed by atoms with Gasteiger partial charge in [-0.2, -0.15) is 0 Å². The van der Waals surface area contributed by atoms with Gasteiger partial charge in [-0.15, -0.1) is 0 Å². The summed E-state index contributed by atoms with van der Waals surface area (Å²) in [6.07, 6.45) is -50.0. The van der Waals surface area contributed by atoms with E-state index < -0.39 is 202 Å². The maximum atomic E-state index is 11.9. The highest BCUT2D eigenvalue weighted by molar-refractivity contribution is 5.36. The Balaban J connectivity index is 1.40. The van der Waals surface area contributed by atoms with Crippen LogP contribution in [0, 0.1) is 10.1 Å². The lowest BCUT2D eigenvalue weighted by molar-refractivity contribution is -0.466. The van der Waals surface area contributed by atoms with E-state index in [1.807, 2.05) is 0 Å². The van der Waals surface area contributed by atoms with Crippen LogP contribution in [0.3, 0.4) is 0 Å². The molecule has 0 bridgehead atoms. The maximum Gasteiger partial charge on any atom is 0.269 e. The topological polar surface area (TPSA) is 459 Å². The van der Waals surface area contributed by atoms with E-state index in [9.17, 15) is 91.8 Å². The van der Waals surface area contributed by atoms with Gasteiger partial charge in [-0.25, -0.2) is 0 Å². The molecule has 7 rings (SSSR count). The fraction of sp³-hybridized carbons (Fsp3) is 0.721. The second-order valence-corrected chi connectivity index (χ2v) is 17.8. The Hall–Kier alpha value is -3.20. The van der Waals surface area contributed by atoms with Crippen molar-refractivity contribution in [3.63, 3.8) is 0 Å². The number of aliphatic hydroxyl groups is 16. The summed E-state index contributed by atoms with van der Waals surface area (Å²) in [6, 6.07) is 12.4. The lowest BCUT2D eigenvalue weighted by Crippen LogP contribution is -2.72. The zero-order valence-corrected chi connectivity index (χ0v) is 37.8. The molecule has 0 aromatic heterocycles. The number of aliphatic hydroxyl groups excluding tert-OH is 16. The first-order chi connectivity index (χ1) is 34.3. The average Bonchev–Trinajstić information content (AvgIpc) is 3.38. The first kappa shape index (κ1) is 56.5. The predicted octanol–water partition coefficient (Wildman–Crippen LogP) is -8.27. The SMILES string of the molecule is O=[N+]([O-])c1ccc([C@]2(O[C@H]3O[C@H](CO)[C@@H](O)[C@H](O)[C@H]3O)O[C@H](CO)[C@@H](O[C@H]3O[C@H](COCc4ccccc4)[C@@H](O)[C@H](O)[C@H]3O)[C@H](O[C@H]3O[C@H](CO)[C@@H](O)[C@H](O)[C@H]3O)[C@H]2O[C@H]2O[C@H](CO)[C@@H](O)[C@H](O)[C@H]2O)cc1. The van der Waals surface area contributed by atoms with Crippen molar-refractivity contribution in [3.8, 4) is 0 Å². The van der Waals surface area contributed by atoms with E-state index in [-0.39, 0.29) is 6.61 Å². The third-order valence-electron chi connectivity index (χ3n) is 13.1. The zero-order valence-electron chi connectivity index (χ0n) is 37.8. The number of nitrogens with zero attached hydrogens (tertiary/aromatic N) is 1. The standard InChI is InChI=1S/C43H61NO28/c45-10-19-24(49)28(53)32(57)39(64-19)69-37-36(68-40-33(58)31(56)27(52)23(67-40)15-63-14-16-4-2-1-3-5-16)22(13-48)71-43(17-6-8-18(9-7-17)44(61)62,72-42-35(60)30(55)26(51)21(12-47)66-42)38(37)70-41-34(59)29(54)25(50)20(11-46)65-41/h1-9,19-42,45-60H,10-15H2/t19-,20-,21-,22-,23-,24-,25-,26-,27-,28+,29+,30+,31+,32-,33-,34-,35-,36-,37+,38-,39-,40-,41-,42-,43-/m1/s1. The van der Waals surface area contributed by atoms with Crippen LogP contribution in [0.5, 0.6) is 0 Å². The first-order valence-electron chi connectivity index (χ1n) is 22.7. The van der Waals surface area contributed by atoms with Gasteiger partial charge in [-0.05, 0) is 17.7 Å². The molecule has 0 spiro atoms. The Labute approximate surface area is 407 Å². The smallest absolute Gasteiger partial charge is 0.269 e. The van der Waals surface area contributed by atoms with Gasteiger partial charge < -0.3 is 129 Å². The molecule has 0 aliphatic carbocycles. The van der Waals surface area contributed by atoms with Crippen LogP contribution in [0.15, 0.2) is 54.6 Å². The molecule has 2 aromatic carbocycles. The third kappa shape index (κ3) is 11.5. The number of ether oxygens (including phenoxy) is 10. The van der Waals surface area contributed by atoms with Crippen molar-refractivity contribution >= 4 is 5.69 Å². The van der Waals surface area contributed by atoms with Gasteiger partial charge in [-0.1, -0.05) is 30.3 Å². The van der Waals surface area contributed by atoms with Gasteiger partial charge in [0, 0.05) is 17.7 Å². The zero-order chi connectivity index (χ0) is 52.3. The fourth-order valence-corrected chi connectivity index (χ4v) is 8.98. The maximum absolute atomic E-state index is 11.9. The molecule has 5 fully saturated rings. The van der Waals surface area contributed by atoms with Crippen molar-refractivity contribution in [2.75, 3.05) is 33.0 Å². The van der Waals surface area contributed by atoms with Gasteiger partial charge in [0.15, 0.2) is 25.2 Å². The average molecular weight is 1040 g/mol. The minimum atomic E-state index is -3.07. The van der Waals surface area contributed by atoms with Crippen LogP contribution in [0.1, 0.15) is 11.1 Å². The van der Waals surface area contributed by atoms with Crippen LogP contribution in [0.2, 0.25) is 0 Å². The van der Waals surface area contributed by atoms with Crippen molar-refractivity contribution in [3.05, 3.63) is 75.8 Å². The second-order valence-electron chi connectivity index (χ2n) is 17.8. The Bertz CT molecular complexity index is 2010. The summed E-state index contributed by atoms with van der Waals surface area (Å²) in [4.78, 5) is 11.1. The largest absolute Gasteiger partial charge is 0.394 e. The van der Waals surface area contributed by atoms with Crippen LogP contribution in [0.25, 0.3) is 0 Å². The molecule has 5 heterocycles. The minimum absolute atomic E-state index is 0.0220. The summed E-state index contributed by atoms with van der Waals surface area (Å²) in [7, 11) is 0. The molecule has 0 amide bonds. The monoisotopic (exact) mass is 1040 g/mol. The van der Waals surface area contributed by atoms with E-state index in [1.165, 1.54) is 0 Å². The molecule has 29 nitrogen and oxygen atoms in total. The van der Waals surface area contributed by atoms with Crippen LogP contribution >= 0.6 is 0 Å². The Morgan fingerprint density at radius 3 is 1.38 bits per heavy atom. The summed E-state index contributed by atoms with van der Waals surface area (Å²) >= 11 is 0. The molecule has 0 saturated carbocycles. The van der Waals surface area contributed by atoms with Crippen LogP contribution in [0.4, 0.5) is 5.69 Å². The highest BCUT2D eigenvalue weighted by Gasteiger charge is 2.65. The van der Waals surface area contributed by atoms with E-state index >= 15 is 0 Å². The van der Waals surface area contributed by atoms with E-state index in [1.54, 1.807) is 30.3 Å². The van der Waals surface area contributed by atoms with Crippen LogP contribution in [-0.4, -0.2) is 267 Å². The Morgan fingerprint density at radius 1 is 0.486 bits per heavy atom. The first-order valence-corrected chi connectivity index (χ1v) is 22.7. The molecule has 0 unspecified atom stereocenters. The van der Waals surface area contributed by atoms with Crippen molar-refractivity contribution < 1.29 is 134 Å². The normalized spacial score (nSPS) is 44.9. The second kappa shape index (κ2) is 24.2. The lowest BCUT2D eigenvalue weighted by atomic mass is 9.86. The van der Waals surface area contributed by atoms with Gasteiger partial charge >= 0.3 is 0 Å². The molecule has 29 heteroatoms. The van der Waals surface area contributed by atoms with Gasteiger partial charge in [0.2, 0.25) is 5.79 Å². The van der Waals surface area contributed by atoms with Crippen molar-refractivity contribution in [1.29, 1.82) is 0 Å². The summed E-state index contributed by atoms with van der Waals surface area (Å²) in [5, 5.41) is 186. The molecule has 5 saturated heterocycles. The summed E-state index contributed by atoms with van der Waals surface area (Å²) in [6.45, 7) is -4.80. The van der Waals surface area contributed by atoms with Crippen LogP contribution in [-0.2, 0) is 59.8 Å². The number of hydrogen-bond acceptors (Lipinski definition) is 28. The Kier molecular flexibility index (Phi) is 19.0. The highest BCUT2D eigenvalue weighted by atomic mass is 16.8. The molecule has 72 heavy (non-hydrogen) atoms. The summed E-state index contributed by atoms with van der Waals surface area (Å²) in [5.41, 5.74) is -0.311. The summed E-state index contributed by atoms with van der Waals surface area (Å²) in [5.74, 6) is -3.07. The van der Waals surface area contributed by atoms with Gasteiger partial charge in [0.05, 0.1) is 44.6 Å². The number of nitro groups is 1. The number of benzene rings is 2. The molecule has 5 aliphatic heterocycles. The summed E-state index contributed by atoms with van der Waals surface area (Å²) < 4.78 is 60.6. The fourth-order valence-electron chi connectivity index (χ4n) is 8.98. The number of nitro benzene ring substituents is 1. The van der Waals surface area contributed by atoms with Gasteiger partial charge in [-0.3, -0.25) is 10.1 Å². The lowest BCUT2D eigenvalue weighted by Gasteiger charge is -2.56. The number of non-ortho nitro benzene ring substituents is 1. The van der Waals surface area contributed by atoms with E-state index in [2.05, 4.69) is 0 Å². The molecule has 0 radical (unpaired) electrons. The third-order valence-corrected chi connectivity index (χ3v) is 13.1. The number of hydrogen-bond donors (Lipinski definition) is 16. The molecular formula is C43H61NO28. The van der Waals surface area contributed by atoms with Crippen molar-refractivity contribution in [2.24, 2.45) is 0 Å². The molecule has 25 atom stereocenters. The minimum Gasteiger partial charge on any atom is -0.394 e. The van der Waals surface area contributed by atoms with E-state index in [4.69, 9.17) is 47.4 Å². The molecular weight excluding hydrogens is 978 g/mol. The van der Waals surface area contributed by atoms with E-state index in [0.29, 0.717) is 5.56 Å². The highest BCUT2D eigenvalue weighted by Crippen LogP contribution is 2.48. The quantitative estimate of drug-likeness (QED) is 0.0487. The predicted molar refractivity (Wildman–Crippen MR) is 227 cm³/mol.